The molecule has 0 aliphatic carbocycles. The van der Waals surface area contributed by atoms with Crippen molar-refractivity contribution < 1.29 is 4.79 Å². The molecule has 1 saturated heterocycles. The average molecular weight is 341 g/mol. The summed E-state index contributed by atoms with van der Waals surface area (Å²) in [5.74, 6) is 6.14. The highest BCUT2D eigenvalue weighted by Crippen LogP contribution is 2.28. The number of hydrogen-bond donors (Lipinski definition) is 4. The molecule has 0 unspecified atom stereocenters. The molecular formula is C17H23N7O. The van der Waals surface area contributed by atoms with Crippen molar-refractivity contribution in [3.63, 3.8) is 0 Å². The third kappa shape index (κ3) is 3.63. The normalized spacial score (nSPS) is 13.6. The summed E-state index contributed by atoms with van der Waals surface area (Å²) in [5.41, 5.74) is 5.60. The molecule has 132 valence electrons. The summed E-state index contributed by atoms with van der Waals surface area (Å²) in [4.78, 5) is 23.0. The van der Waals surface area contributed by atoms with Crippen LogP contribution in [0.25, 0.3) is 0 Å². The van der Waals surface area contributed by atoms with E-state index in [4.69, 9.17) is 5.84 Å². The van der Waals surface area contributed by atoms with Crippen LogP contribution in [0.5, 0.6) is 0 Å². The van der Waals surface area contributed by atoms with Gasteiger partial charge in [-0.2, -0.15) is 4.98 Å². The summed E-state index contributed by atoms with van der Waals surface area (Å²) < 4.78 is 0. The zero-order chi connectivity index (χ0) is 17.8. The maximum Gasteiger partial charge on any atom is 0.253 e. The lowest BCUT2D eigenvalue weighted by atomic mass is 10.1. The van der Waals surface area contributed by atoms with E-state index in [1.807, 2.05) is 25.1 Å². The second kappa shape index (κ2) is 7.35. The summed E-state index contributed by atoms with van der Waals surface area (Å²) in [6.07, 6.45) is 4.04. The van der Waals surface area contributed by atoms with E-state index in [1.54, 1.807) is 13.2 Å². The maximum atomic E-state index is 12.4. The molecule has 2 aromatic rings. The Morgan fingerprint density at radius 1 is 1.28 bits per heavy atom. The Labute approximate surface area is 146 Å². The van der Waals surface area contributed by atoms with Crippen LogP contribution in [0.15, 0.2) is 24.4 Å². The molecule has 5 N–H and O–H groups in total. The van der Waals surface area contributed by atoms with E-state index in [9.17, 15) is 4.79 Å². The Morgan fingerprint density at radius 3 is 2.72 bits per heavy atom. The Bertz CT molecular complexity index is 772. The largest absolute Gasteiger partial charge is 0.372 e. The molecule has 8 nitrogen and oxygen atoms in total. The van der Waals surface area contributed by atoms with Crippen molar-refractivity contribution in [3.05, 3.63) is 35.5 Å². The fraction of sp³-hybridized carbons (Fsp3) is 0.353. The van der Waals surface area contributed by atoms with Crippen LogP contribution in [0.4, 0.5) is 23.1 Å². The van der Waals surface area contributed by atoms with Crippen molar-refractivity contribution in [2.45, 2.75) is 19.8 Å². The second-order valence-electron chi connectivity index (χ2n) is 6.00. The third-order valence-corrected chi connectivity index (χ3v) is 4.30. The first-order valence-corrected chi connectivity index (χ1v) is 8.30. The van der Waals surface area contributed by atoms with Gasteiger partial charge in [-0.3, -0.25) is 10.2 Å². The summed E-state index contributed by atoms with van der Waals surface area (Å²) >= 11 is 0. The van der Waals surface area contributed by atoms with E-state index in [1.165, 1.54) is 12.8 Å². The highest BCUT2D eigenvalue weighted by Gasteiger charge is 2.17. The lowest BCUT2D eigenvalue weighted by Gasteiger charge is -2.20. The van der Waals surface area contributed by atoms with Gasteiger partial charge in [0, 0.05) is 37.6 Å². The molecule has 25 heavy (non-hydrogen) atoms. The summed E-state index contributed by atoms with van der Waals surface area (Å²) in [6, 6.07) is 5.86. The van der Waals surface area contributed by atoms with Gasteiger partial charge in [0.1, 0.15) is 5.82 Å². The number of nitrogens with two attached hydrogens (primary N) is 1. The van der Waals surface area contributed by atoms with E-state index in [-0.39, 0.29) is 5.91 Å². The molecule has 0 spiro atoms. The molecule has 0 atom stereocenters. The maximum absolute atomic E-state index is 12.4. The van der Waals surface area contributed by atoms with Crippen molar-refractivity contribution in [2.75, 3.05) is 35.8 Å². The SMILES string of the molecule is CNC(=O)c1cc(N2CCCC2)ccc1Nc1nc(NN)ncc1C. The number of amides is 1. The molecule has 0 saturated carbocycles. The van der Waals surface area contributed by atoms with Crippen LogP contribution >= 0.6 is 0 Å². The van der Waals surface area contributed by atoms with Crippen LogP contribution in [0, 0.1) is 6.92 Å². The zero-order valence-corrected chi connectivity index (χ0v) is 14.5. The van der Waals surface area contributed by atoms with Crippen LogP contribution in [0.3, 0.4) is 0 Å². The molecule has 1 aliphatic rings. The highest BCUT2D eigenvalue weighted by atomic mass is 16.1. The minimum Gasteiger partial charge on any atom is -0.372 e. The summed E-state index contributed by atoms with van der Waals surface area (Å²) in [5, 5.41) is 5.92. The van der Waals surface area contributed by atoms with E-state index in [0.29, 0.717) is 23.0 Å². The zero-order valence-electron chi connectivity index (χ0n) is 14.5. The molecule has 3 rings (SSSR count). The number of aromatic nitrogens is 2. The monoisotopic (exact) mass is 341 g/mol. The molecule has 1 aromatic carbocycles. The van der Waals surface area contributed by atoms with Crippen LogP contribution in [0.1, 0.15) is 28.8 Å². The van der Waals surface area contributed by atoms with Crippen molar-refractivity contribution in [1.82, 2.24) is 15.3 Å². The van der Waals surface area contributed by atoms with Crippen molar-refractivity contribution in [2.24, 2.45) is 5.84 Å². The van der Waals surface area contributed by atoms with Crippen molar-refractivity contribution >= 4 is 29.0 Å². The summed E-state index contributed by atoms with van der Waals surface area (Å²) in [6.45, 7) is 3.94. The lowest BCUT2D eigenvalue weighted by Crippen LogP contribution is -2.22. The fourth-order valence-electron chi connectivity index (χ4n) is 2.90. The van der Waals surface area contributed by atoms with Gasteiger partial charge in [-0.05, 0) is 38.0 Å². The number of carbonyl (C=O) groups is 1. The first-order valence-electron chi connectivity index (χ1n) is 8.30. The van der Waals surface area contributed by atoms with Crippen LogP contribution in [-0.4, -0.2) is 36.0 Å². The molecule has 1 fully saturated rings. The molecule has 0 radical (unpaired) electrons. The van der Waals surface area contributed by atoms with Crippen molar-refractivity contribution in [3.8, 4) is 0 Å². The Hall–Kier alpha value is -2.87. The molecule has 1 aliphatic heterocycles. The first kappa shape index (κ1) is 17.0. The summed E-state index contributed by atoms with van der Waals surface area (Å²) in [7, 11) is 1.63. The number of benzene rings is 1. The topological polar surface area (TPSA) is 108 Å². The number of nitrogens with zero attached hydrogens (tertiary/aromatic N) is 3. The first-order chi connectivity index (χ1) is 12.1. The Balaban J connectivity index is 1.96. The number of aryl methyl sites for hydroxylation is 1. The van der Waals surface area contributed by atoms with Gasteiger partial charge in [-0.1, -0.05) is 0 Å². The minimum absolute atomic E-state index is 0.146. The predicted octanol–water partition coefficient (Wildman–Crippen LogP) is 1.77. The second-order valence-corrected chi connectivity index (χ2v) is 6.00. The quantitative estimate of drug-likeness (QED) is 0.485. The van der Waals surface area contributed by atoms with E-state index >= 15 is 0 Å². The van der Waals surface area contributed by atoms with Gasteiger partial charge >= 0.3 is 0 Å². The number of rotatable bonds is 5. The van der Waals surface area contributed by atoms with Crippen LogP contribution in [-0.2, 0) is 0 Å². The number of nitrogens with one attached hydrogen (secondary N) is 3. The minimum atomic E-state index is -0.146. The Morgan fingerprint density at radius 2 is 2.04 bits per heavy atom. The van der Waals surface area contributed by atoms with Gasteiger partial charge in [0.25, 0.3) is 5.91 Å². The van der Waals surface area contributed by atoms with Gasteiger partial charge in [0.2, 0.25) is 5.95 Å². The highest BCUT2D eigenvalue weighted by molar-refractivity contribution is 6.01. The molecule has 1 aromatic heterocycles. The molecule has 0 bridgehead atoms. The fourth-order valence-corrected chi connectivity index (χ4v) is 2.90. The van der Waals surface area contributed by atoms with Gasteiger partial charge in [0.15, 0.2) is 0 Å². The number of carbonyl (C=O) groups excluding carboxylic acids is 1. The number of nitrogen functional groups attached to an aromatic ring is 1. The molecular weight excluding hydrogens is 318 g/mol. The van der Waals surface area contributed by atoms with Crippen LogP contribution < -0.4 is 26.8 Å². The molecule has 1 amide bonds. The standard InChI is InChI=1S/C17H23N7O/c1-11-10-20-17(23-18)22-15(11)21-14-6-5-12(24-7-3-4-8-24)9-13(14)16(25)19-2/h5-6,9-10H,3-4,7-8,18H2,1-2H3,(H,19,25)(H2,20,21,22,23). The number of anilines is 4. The van der Waals surface area contributed by atoms with E-state index < -0.39 is 0 Å². The third-order valence-electron chi connectivity index (χ3n) is 4.30. The van der Waals surface area contributed by atoms with E-state index in [2.05, 4.69) is 30.9 Å². The molecule has 2 heterocycles. The van der Waals surface area contributed by atoms with Gasteiger partial charge < -0.3 is 15.5 Å². The van der Waals surface area contributed by atoms with Gasteiger partial charge in [-0.15, -0.1) is 0 Å². The average Bonchev–Trinajstić information content (AvgIpc) is 3.18. The van der Waals surface area contributed by atoms with E-state index in [0.717, 1.165) is 24.3 Å². The van der Waals surface area contributed by atoms with Gasteiger partial charge in [-0.25, -0.2) is 10.8 Å². The smallest absolute Gasteiger partial charge is 0.253 e. The van der Waals surface area contributed by atoms with Gasteiger partial charge in [0.05, 0.1) is 11.3 Å². The van der Waals surface area contributed by atoms with Crippen molar-refractivity contribution in [1.29, 1.82) is 0 Å². The number of hydrogen-bond acceptors (Lipinski definition) is 7. The lowest BCUT2D eigenvalue weighted by molar-refractivity contribution is 0.0964. The number of hydrazine groups is 1. The predicted molar refractivity (Wildman–Crippen MR) is 99.1 cm³/mol. The van der Waals surface area contributed by atoms with Crippen LogP contribution in [0.2, 0.25) is 0 Å². The Kier molecular flexibility index (Phi) is 4.99. The molecule has 8 heteroatoms.